The average molecular weight is 247 g/mol. The minimum atomic E-state index is -1.27. The molecule has 4 N–H and O–H groups in total. The minimum absolute atomic E-state index is 0.366. The van der Waals surface area contributed by atoms with Crippen molar-refractivity contribution in [2.24, 2.45) is 0 Å². The molecule has 0 aromatic rings. The van der Waals surface area contributed by atoms with Gasteiger partial charge in [0.2, 0.25) is 0 Å². The van der Waals surface area contributed by atoms with Gasteiger partial charge in [-0.05, 0) is 12.8 Å². The van der Waals surface area contributed by atoms with E-state index < -0.39 is 30.6 Å². The molecule has 2 saturated heterocycles. The van der Waals surface area contributed by atoms with E-state index >= 15 is 0 Å². The van der Waals surface area contributed by atoms with Crippen molar-refractivity contribution in [1.29, 1.82) is 0 Å². The van der Waals surface area contributed by atoms with E-state index in [-0.39, 0.29) is 6.61 Å². The van der Waals surface area contributed by atoms with Crippen LogP contribution in [0.1, 0.15) is 19.3 Å². The Balaban J connectivity index is 2.04. The van der Waals surface area contributed by atoms with E-state index in [1.807, 2.05) is 4.90 Å². The molecule has 2 heterocycles. The number of piperidine rings is 1. The third-order valence-electron chi connectivity index (χ3n) is 3.62. The van der Waals surface area contributed by atoms with Crippen molar-refractivity contribution >= 4 is 0 Å². The molecule has 17 heavy (non-hydrogen) atoms. The summed E-state index contributed by atoms with van der Waals surface area (Å²) in [6.07, 6.45) is -1.88. The summed E-state index contributed by atoms with van der Waals surface area (Å²) in [6.45, 7) is 1.25. The van der Waals surface area contributed by atoms with Crippen molar-refractivity contribution in [1.82, 2.24) is 4.90 Å². The summed E-state index contributed by atoms with van der Waals surface area (Å²) in [5.41, 5.74) is 0. The summed E-state index contributed by atoms with van der Waals surface area (Å²) in [4.78, 5) is 1.96. The Morgan fingerprint density at radius 3 is 2.18 bits per heavy atom. The Morgan fingerprint density at radius 2 is 1.59 bits per heavy atom. The van der Waals surface area contributed by atoms with Crippen LogP contribution in [-0.4, -0.2) is 75.7 Å². The maximum Gasteiger partial charge on any atom is 0.140 e. The van der Waals surface area contributed by atoms with Crippen LogP contribution in [0.5, 0.6) is 0 Å². The van der Waals surface area contributed by atoms with Crippen molar-refractivity contribution in [3.63, 3.8) is 0 Å². The van der Waals surface area contributed by atoms with Crippen LogP contribution in [0.25, 0.3) is 0 Å². The zero-order valence-electron chi connectivity index (χ0n) is 9.77. The van der Waals surface area contributed by atoms with Gasteiger partial charge in [0, 0.05) is 13.1 Å². The zero-order chi connectivity index (χ0) is 12.4. The van der Waals surface area contributed by atoms with Crippen LogP contribution in [-0.2, 0) is 4.74 Å². The largest absolute Gasteiger partial charge is 0.394 e. The topological polar surface area (TPSA) is 93.4 Å². The fraction of sp³-hybridized carbons (Fsp3) is 1.00. The molecule has 0 radical (unpaired) electrons. The lowest BCUT2D eigenvalue weighted by Crippen LogP contribution is -2.63. The molecule has 0 unspecified atom stereocenters. The standard InChI is InChI=1S/C11H21NO5/c13-6-7-8(14)9(15)10(16)11(17-7)12-4-2-1-3-5-12/h7-11,13-16H,1-6H2/t7-,8+,9+,10-,11-/m0/s1. The van der Waals surface area contributed by atoms with E-state index in [0.29, 0.717) is 0 Å². The first-order valence-electron chi connectivity index (χ1n) is 6.19. The third-order valence-corrected chi connectivity index (χ3v) is 3.62. The highest BCUT2D eigenvalue weighted by Crippen LogP contribution is 2.25. The summed E-state index contributed by atoms with van der Waals surface area (Å²) in [7, 11) is 0. The van der Waals surface area contributed by atoms with Crippen LogP contribution in [0, 0.1) is 0 Å². The Morgan fingerprint density at radius 1 is 0.941 bits per heavy atom. The van der Waals surface area contributed by atoms with E-state index in [2.05, 4.69) is 0 Å². The first kappa shape index (κ1) is 13.2. The summed E-state index contributed by atoms with van der Waals surface area (Å²) < 4.78 is 5.49. The van der Waals surface area contributed by atoms with Crippen LogP contribution < -0.4 is 0 Å². The lowest BCUT2D eigenvalue weighted by atomic mass is 9.97. The first-order chi connectivity index (χ1) is 8.15. The predicted octanol–water partition coefficient (Wildman–Crippen LogP) is -1.73. The molecule has 0 bridgehead atoms. The number of nitrogens with zero attached hydrogens (tertiary/aromatic N) is 1. The van der Waals surface area contributed by atoms with Crippen LogP contribution in [0.2, 0.25) is 0 Å². The lowest BCUT2D eigenvalue weighted by molar-refractivity contribution is -0.266. The molecule has 0 spiro atoms. The summed E-state index contributed by atoms with van der Waals surface area (Å²) in [6, 6.07) is 0. The quantitative estimate of drug-likeness (QED) is 0.463. The van der Waals surface area contributed by atoms with Crippen molar-refractivity contribution in [2.45, 2.75) is 49.9 Å². The molecule has 2 rings (SSSR count). The molecule has 2 aliphatic rings. The molecule has 2 aliphatic heterocycles. The summed E-state index contributed by atoms with van der Waals surface area (Å²) in [5.74, 6) is 0. The number of aliphatic hydroxyl groups excluding tert-OH is 4. The first-order valence-corrected chi connectivity index (χ1v) is 6.19. The molecule has 6 nitrogen and oxygen atoms in total. The van der Waals surface area contributed by atoms with Gasteiger partial charge in [-0.1, -0.05) is 6.42 Å². The Hall–Kier alpha value is -0.240. The normalized spacial score (nSPS) is 44.8. The van der Waals surface area contributed by atoms with Gasteiger partial charge in [0.25, 0.3) is 0 Å². The smallest absolute Gasteiger partial charge is 0.140 e. The number of ether oxygens (including phenoxy) is 1. The molecule has 6 heteroatoms. The number of likely N-dealkylation sites (tertiary alicyclic amines) is 1. The van der Waals surface area contributed by atoms with Crippen LogP contribution >= 0.6 is 0 Å². The van der Waals surface area contributed by atoms with Crippen LogP contribution in [0.15, 0.2) is 0 Å². The average Bonchev–Trinajstić information content (AvgIpc) is 2.37. The third kappa shape index (κ3) is 2.62. The van der Waals surface area contributed by atoms with Gasteiger partial charge in [-0.2, -0.15) is 0 Å². The lowest BCUT2D eigenvalue weighted by Gasteiger charge is -2.45. The second-order valence-electron chi connectivity index (χ2n) is 4.82. The molecular weight excluding hydrogens is 226 g/mol. The van der Waals surface area contributed by atoms with Crippen LogP contribution in [0.3, 0.4) is 0 Å². The van der Waals surface area contributed by atoms with Gasteiger partial charge in [0.1, 0.15) is 30.6 Å². The Bertz CT molecular complexity index is 242. The van der Waals surface area contributed by atoms with Gasteiger partial charge in [-0.15, -0.1) is 0 Å². The highest BCUT2D eigenvalue weighted by atomic mass is 16.6. The predicted molar refractivity (Wildman–Crippen MR) is 59.2 cm³/mol. The van der Waals surface area contributed by atoms with Crippen molar-refractivity contribution in [3.05, 3.63) is 0 Å². The van der Waals surface area contributed by atoms with E-state index in [0.717, 1.165) is 32.4 Å². The highest BCUT2D eigenvalue weighted by Gasteiger charge is 2.45. The summed E-state index contributed by atoms with van der Waals surface area (Å²) >= 11 is 0. The minimum Gasteiger partial charge on any atom is -0.394 e. The number of hydrogen-bond donors (Lipinski definition) is 4. The van der Waals surface area contributed by atoms with Crippen molar-refractivity contribution in [2.75, 3.05) is 19.7 Å². The molecule has 100 valence electrons. The second-order valence-corrected chi connectivity index (χ2v) is 4.82. The fourth-order valence-electron chi connectivity index (χ4n) is 2.56. The molecule has 0 amide bonds. The second kappa shape index (κ2) is 5.60. The van der Waals surface area contributed by atoms with Gasteiger partial charge < -0.3 is 25.2 Å². The SMILES string of the molecule is OC[C@@H]1O[C@H](N2CCCCC2)[C@@H](O)[C@H](O)[C@@H]1O. The molecule has 0 aromatic carbocycles. The molecular formula is C11H21NO5. The van der Waals surface area contributed by atoms with Crippen molar-refractivity contribution in [3.8, 4) is 0 Å². The van der Waals surface area contributed by atoms with Gasteiger partial charge in [0.15, 0.2) is 0 Å². The zero-order valence-corrected chi connectivity index (χ0v) is 9.77. The van der Waals surface area contributed by atoms with Gasteiger partial charge in [0.05, 0.1) is 6.61 Å². The highest BCUT2D eigenvalue weighted by molar-refractivity contribution is 4.92. The van der Waals surface area contributed by atoms with E-state index in [1.165, 1.54) is 0 Å². The maximum atomic E-state index is 9.92. The molecule has 0 saturated carbocycles. The maximum absolute atomic E-state index is 9.92. The molecule has 0 aromatic heterocycles. The van der Waals surface area contributed by atoms with Crippen molar-refractivity contribution < 1.29 is 25.2 Å². The molecule has 0 aliphatic carbocycles. The van der Waals surface area contributed by atoms with E-state index in [9.17, 15) is 15.3 Å². The number of rotatable bonds is 2. The van der Waals surface area contributed by atoms with E-state index in [1.54, 1.807) is 0 Å². The Labute approximate surface area is 100 Å². The molecule has 2 fully saturated rings. The monoisotopic (exact) mass is 247 g/mol. The van der Waals surface area contributed by atoms with Gasteiger partial charge in [-0.3, -0.25) is 4.90 Å². The van der Waals surface area contributed by atoms with Gasteiger partial charge in [-0.25, -0.2) is 0 Å². The summed E-state index contributed by atoms with van der Waals surface area (Å²) in [5, 5.41) is 38.3. The Kier molecular flexibility index (Phi) is 4.35. The molecule has 5 atom stereocenters. The fourth-order valence-corrected chi connectivity index (χ4v) is 2.56. The number of hydrogen-bond acceptors (Lipinski definition) is 6. The van der Waals surface area contributed by atoms with Crippen LogP contribution in [0.4, 0.5) is 0 Å². The van der Waals surface area contributed by atoms with E-state index in [4.69, 9.17) is 9.84 Å². The van der Waals surface area contributed by atoms with Gasteiger partial charge >= 0.3 is 0 Å². The number of aliphatic hydroxyl groups is 4.